The molecule has 2 aliphatic heterocycles. The van der Waals surface area contributed by atoms with E-state index in [0.29, 0.717) is 25.0 Å². The second-order valence-electron chi connectivity index (χ2n) is 23.0. The Balaban J connectivity index is 1.87. The second-order valence-corrected chi connectivity index (χ2v) is 23.0. The van der Waals surface area contributed by atoms with Gasteiger partial charge >= 0.3 is 0 Å². The van der Waals surface area contributed by atoms with Crippen LogP contribution in [0.4, 0.5) is 0 Å². The summed E-state index contributed by atoms with van der Waals surface area (Å²) in [6, 6.07) is 0. The predicted molar refractivity (Wildman–Crippen MR) is 270 cm³/mol. The third-order valence-corrected chi connectivity index (χ3v) is 15.0. The van der Waals surface area contributed by atoms with Crippen LogP contribution in [0.2, 0.25) is 0 Å². The fourth-order valence-corrected chi connectivity index (χ4v) is 9.85. The summed E-state index contributed by atoms with van der Waals surface area (Å²) in [5.74, 6) is 5.74. The summed E-state index contributed by atoms with van der Waals surface area (Å²) in [4.78, 5) is 0. The summed E-state index contributed by atoms with van der Waals surface area (Å²) in [5, 5.41) is 73.0. The van der Waals surface area contributed by atoms with Gasteiger partial charge in [0.05, 0.1) is 26.4 Å². The molecule has 0 aliphatic carbocycles. The Morgan fingerprint density at radius 2 is 0.779 bits per heavy atom. The van der Waals surface area contributed by atoms with Gasteiger partial charge in [0, 0.05) is 13.2 Å². The van der Waals surface area contributed by atoms with E-state index in [1.807, 2.05) is 0 Å². The van der Waals surface area contributed by atoms with Gasteiger partial charge in [-0.2, -0.15) is 0 Å². The fraction of sp³-hybridized carbons (Fsp3) is 1.00. The smallest absolute Gasteiger partial charge is 0.187 e. The maximum Gasteiger partial charge on any atom is 0.187 e. The summed E-state index contributed by atoms with van der Waals surface area (Å²) in [6.07, 6.45) is 9.40. The number of aliphatic hydroxyl groups excluding tert-OH is 7. The molecule has 0 spiro atoms. The third kappa shape index (κ3) is 26.4. The van der Waals surface area contributed by atoms with E-state index in [2.05, 4.69) is 69.2 Å². The predicted octanol–water partition coefficient (Wildman–Crippen LogP) is 8.96. The SMILES string of the molecule is CC(C)CCC[C@@H](C)CCC[C@H](C)CCC[C@H](C)CCOC[C@@H](CO[C@H]1O[C@H](CO)[C@@H](O[C@@H]2O[C@H](CO)[C@H](O)[C@H](O)[C@H]2O)[C@H](O)[C@H]1O)OCC[C@@H](C)CCC[C@@H](C)CCC[C@H](C)CCCC(C)C. The van der Waals surface area contributed by atoms with E-state index in [-0.39, 0.29) is 13.2 Å². The molecule has 0 aromatic rings. The summed E-state index contributed by atoms with van der Waals surface area (Å²) in [7, 11) is 0. The Morgan fingerprint density at radius 3 is 1.21 bits per heavy atom. The van der Waals surface area contributed by atoms with Crippen LogP contribution in [0.25, 0.3) is 0 Å². The van der Waals surface area contributed by atoms with Gasteiger partial charge in [-0.1, -0.05) is 185 Å². The van der Waals surface area contributed by atoms with Gasteiger partial charge in [0.1, 0.15) is 54.9 Å². The molecule has 13 nitrogen and oxygen atoms in total. The van der Waals surface area contributed by atoms with Crippen molar-refractivity contribution < 1.29 is 64.2 Å². The molecule has 0 saturated carbocycles. The number of ether oxygens (including phenoxy) is 6. The first-order valence-electron chi connectivity index (χ1n) is 27.8. The Bertz CT molecular complexity index is 1190. The zero-order valence-electron chi connectivity index (χ0n) is 44.9. The minimum Gasteiger partial charge on any atom is -0.394 e. The molecule has 17 atom stereocenters. The van der Waals surface area contributed by atoms with Gasteiger partial charge in [-0.15, -0.1) is 0 Å². The van der Waals surface area contributed by atoms with Crippen molar-refractivity contribution in [2.24, 2.45) is 47.3 Å². The Morgan fingerprint density at radius 1 is 0.397 bits per heavy atom. The molecule has 0 aromatic carbocycles. The molecule has 0 aromatic heterocycles. The van der Waals surface area contributed by atoms with Crippen molar-refractivity contribution in [2.45, 2.75) is 265 Å². The Hall–Kier alpha value is -0.520. The van der Waals surface area contributed by atoms with Crippen LogP contribution in [-0.2, 0) is 28.4 Å². The van der Waals surface area contributed by atoms with E-state index < -0.39 is 80.7 Å². The van der Waals surface area contributed by atoms with Crippen molar-refractivity contribution in [2.75, 3.05) is 39.6 Å². The van der Waals surface area contributed by atoms with Gasteiger partial charge in [0.25, 0.3) is 0 Å². The summed E-state index contributed by atoms with van der Waals surface area (Å²) >= 11 is 0. The van der Waals surface area contributed by atoms with Gasteiger partial charge in [-0.3, -0.25) is 0 Å². The second kappa shape index (κ2) is 36.4. The first-order chi connectivity index (χ1) is 32.4. The monoisotopic (exact) mass is 977 g/mol. The minimum absolute atomic E-state index is 0.00274. The van der Waals surface area contributed by atoms with Crippen LogP contribution in [0.15, 0.2) is 0 Å². The lowest BCUT2D eigenvalue weighted by molar-refractivity contribution is -0.360. The first kappa shape index (κ1) is 63.6. The fourth-order valence-electron chi connectivity index (χ4n) is 9.85. The molecule has 7 N–H and O–H groups in total. The molecule has 0 amide bonds. The van der Waals surface area contributed by atoms with Gasteiger partial charge in [0.2, 0.25) is 0 Å². The molecule has 2 aliphatic rings. The van der Waals surface area contributed by atoms with Gasteiger partial charge < -0.3 is 64.2 Å². The van der Waals surface area contributed by atoms with Crippen molar-refractivity contribution in [3.05, 3.63) is 0 Å². The molecule has 68 heavy (non-hydrogen) atoms. The quantitative estimate of drug-likeness (QED) is 0.0288. The van der Waals surface area contributed by atoms with Gasteiger partial charge in [0.15, 0.2) is 12.6 Å². The molecule has 0 radical (unpaired) electrons. The lowest BCUT2D eigenvalue weighted by atomic mass is 9.91. The summed E-state index contributed by atoms with van der Waals surface area (Å²) < 4.78 is 35.7. The Kier molecular flexibility index (Phi) is 34.1. The van der Waals surface area contributed by atoms with Crippen LogP contribution in [0, 0.1) is 47.3 Å². The van der Waals surface area contributed by atoms with Crippen molar-refractivity contribution in [1.29, 1.82) is 0 Å². The topological polar surface area (TPSA) is 197 Å². The van der Waals surface area contributed by atoms with Gasteiger partial charge in [-0.05, 0) is 60.2 Å². The lowest BCUT2D eigenvalue weighted by Crippen LogP contribution is -2.64. The van der Waals surface area contributed by atoms with Crippen molar-refractivity contribution in [1.82, 2.24) is 0 Å². The summed E-state index contributed by atoms with van der Waals surface area (Å²) in [6.45, 7) is 23.5. The van der Waals surface area contributed by atoms with Crippen LogP contribution in [0.1, 0.15) is 198 Å². The maximum atomic E-state index is 11.2. The molecule has 2 rings (SSSR count). The minimum atomic E-state index is -1.74. The number of hydrogen-bond acceptors (Lipinski definition) is 13. The van der Waals surface area contributed by atoms with Crippen molar-refractivity contribution >= 4 is 0 Å². The van der Waals surface area contributed by atoms with Gasteiger partial charge in [-0.25, -0.2) is 0 Å². The zero-order valence-corrected chi connectivity index (χ0v) is 44.9. The van der Waals surface area contributed by atoms with Crippen LogP contribution < -0.4 is 0 Å². The van der Waals surface area contributed by atoms with E-state index in [0.717, 1.165) is 54.8 Å². The highest BCUT2D eigenvalue weighted by Crippen LogP contribution is 2.31. The maximum absolute atomic E-state index is 11.2. The number of hydrogen-bond donors (Lipinski definition) is 7. The van der Waals surface area contributed by atoms with E-state index in [1.165, 1.54) is 109 Å². The molecule has 2 fully saturated rings. The number of rotatable bonds is 40. The third-order valence-electron chi connectivity index (χ3n) is 15.0. The average Bonchev–Trinajstić information content (AvgIpc) is 3.28. The van der Waals surface area contributed by atoms with Crippen LogP contribution in [0.3, 0.4) is 0 Å². The van der Waals surface area contributed by atoms with Crippen LogP contribution >= 0.6 is 0 Å². The molecular formula is C55H108O13. The molecule has 2 heterocycles. The van der Waals surface area contributed by atoms with E-state index in [9.17, 15) is 35.7 Å². The molecule has 13 heteroatoms. The van der Waals surface area contributed by atoms with Crippen molar-refractivity contribution in [3.63, 3.8) is 0 Å². The highest BCUT2D eigenvalue weighted by molar-refractivity contribution is 4.94. The highest BCUT2D eigenvalue weighted by Gasteiger charge is 2.51. The Labute approximate surface area is 415 Å². The molecule has 2 saturated heterocycles. The molecule has 406 valence electrons. The largest absolute Gasteiger partial charge is 0.394 e. The molecule has 0 unspecified atom stereocenters. The normalized spacial score (nSPS) is 29.0. The van der Waals surface area contributed by atoms with E-state index in [1.54, 1.807) is 0 Å². The molecular weight excluding hydrogens is 869 g/mol. The van der Waals surface area contributed by atoms with Crippen LogP contribution in [0.5, 0.6) is 0 Å². The van der Waals surface area contributed by atoms with E-state index in [4.69, 9.17) is 28.4 Å². The first-order valence-corrected chi connectivity index (χ1v) is 27.8. The molecule has 0 bridgehead atoms. The number of aliphatic hydroxyl groups is 7. The lowest BCUT2D eigenvalue weighted by Gasteiger charge is -2.46. The van der Waals surface area contributed by atoms with Crippen LogP contribution in [-0.4, -0.2) is 143 Å². The standard InChI is InChI=1S/C55H108O13/c1-37(2)17-11-19-39(5)21-13-23-41(7)25-15-27-43(9)29-31-63-35-45(64-32-30-44(10)28-16-26-42(8)24-14-22-40(6)20-12-18-38(3)4)36-65-54-52(62)50(60)53(47(34-57)67-54)68-55-51(61)49(59)48(58)46(33-56)66-55/h37-62H,11-36H2,1-10H3/t39-,40-,41+,42+,43+,44+,45+,46-,47-,48+,49+,50-,51-,52-,53-,54+,55+/m1/s1. The highest BCUT2D eigenvalue weighted by atomic mass is 16.7. The van der Waals surface area contributed by atoms with E-state index >= 15 is 0 Å². The average molecular weight is 977 g/mol. The zero-order chi connectivity index (χ0) is 50.6. The van der Waals surface area contributed by atoms with Crippen molar-refractivity contribution in [3.8, 4) is 0 Å². The summed E-state index contributed by atoms with van der Waals surface area (Å²) in [5.41, 5.74) is 0.